The summed E-state index contributed by atoms with van der Waals surface area (Å²) in [6.07, 6.45) is -6.27. The zero-order chi connectivity index (χ0) is 13.9. The van der Waals surface area contributed by atoms with Crippen molar-refractivity contribution in [2.24, 2.45) is 23.7 Å². The lowest BCUT2D eigenvalue weighted by Gasteiger charge is -2.31. The van der Waals surface area contributed by atoms with Crippen LogP contribution in [0.5, 0.6) is 0 Å². The molecule has 0 amide bonds. The second-order valence-corrected chi connectivity index (χ2v) is 5.03. The molecule has 2 saturated carbocycles. The van der Waals surface area contributed by atoms with Gasteiger partial charge in [0.15, 0.2) is 0 Å². The molecule has 1 heterocycles. The van der Waals surface area contributed by atoms with Gasteiger partial charge in [-0.25, -0.2) is 0 Å². The van der Waals surface area contributed by atoms with E-state index in [1.54, 1.807) is 0 Å². The van der Waals surface area contributed by atoms with Gasteiger partial charge >= 0.3 is 12.1 Å². The molecule has 0 aromatic carbocycles. The van der Waals surface area contributed by atoms with Crippen molar-refractivity contribution in [3.63, 3.8) is 0 Å². The van der Waals surface area contributed by atoms with Gasteiger partial charge in [-0.1, -0.05) is 0 Å². The highest BCUT2D eigenvalue weighted by atomic mass is 19.3. The summed E-state index contributed by atoms with van der Waals surface area (Å²) in [6, 6.07) is 1.91. The number of ether oxygens (including phenoxy) is 2. The maximum atomic E-state index is 13.1. The Balaban J connectivity index is 1.88. The van der Waals surface area contributed by atoms with Gasteiger partial charge < -0.3 is 19.4 Å². The average Bonchev–Trinajstić information content (AvgIpc) is 2.91. The molecule has 0 N–H and O–H groups in total. The van der Waals surface area contributed by atoms with Crippen molar-refractivity contribution in [2.45, 2.75) is 24.7 Å². The normalized spacial score (nSPS) is 43.1. The molecule has 3 fully saturated rings. The van der Waals surface area contributed by atoms with Gasteiger partial charge in [0.1, 0.15) is 18.2 Å². The summed E-state index contributed by atoms with van der Waals surface area (Å²) in [7, 11) is 0. The summed E-state index contributed by atoms with van der Waals surface area (Å²) in [5.41, 5.74) is 0. The Morgan fingerprint density at radius 2 is 2.21 bits per heavy atom. The molecule has 2 bridgehead atoms. The molecule has 0 spiro atoms. The number of esters is 1. The van der Waals surface area contributed by atoms with Gasteiger partial charge in [-0.3, -0.25) is 4.79 Å². The Kier molecular flexibility index (Phi) is 2.35. The van der Waals surface area contributed by atoms with Crippen LogP contribution in [-0.4, -0.2) is 30.3 Å². The number of hydrogen-bond acceptors (Lipinski definition) is 6. The van der Waals surface area contributed by atoms with Crippen molar-refractivity contribution in [1.82, 2.24) is 0 Å². The Hall–Kier alpha value is -1.75. The molecular weight excluding hydrogens is 264 g/mol. The maximum absolute atomic E-state index is 13.1. The van der Waals surface area contributed by atoms with Crippen LogP contribution in [0.3, 0.4) is 0 Å². The highest BCUT2D eigenvalue weighted by Gasteiger charge is 2.68. The standard InChI is InChI=1S/C11H9F2NO5/c12-11(13,10(16)17)19-8-3-1-4-6(5(3)2-14)9(15)18-7(4)8/h3-8H,1H2,(H,16,17)/p-1. The predicted molar refractivity (Wildman–Crippen MR) is 48.9 cm³/mol. The number of nitriles is 1. The number of alkyl halides is 2. The Labute approximate surface area is 105 Å². The van der Waals surface area contributed by atoms with E-state index >= 15 is 0 Å². The van der Waals surface area contributed by atoms with Crippen LogP contribution in [0.25, 0.3) is 0 Å². The van der Waals surface area contributed by atoms with E-state index in [2.05, 4.69) is 4.74 Å². The van der Waals surface area contributed by atoms with E-state index in [-0.39, 0.29) is 5.92 Å². The molecule has 6 nitrogen and oxygen atoms in total. The smallest absolute Gasteiger partial charge is 0.398 e. The van der Waals surface area contributed by atoms with Crippen LogP contribution < -0.4 is 5.11 Å². The van der Waals surface area contributed by atoms with Crippen molar-refractivity contribution in [3.8, 4) is 6.07 Å². The van der Waals surface area contributed by atoms with E-state index in [1.165, 1.54) is 0 Å². The SMILES string of the molecule is N#CC1C2CC3C(OC(=O)C13)C2OC(F)(F)C(=O)[O-]. The number of carboxylic acid groups (broad SMARTS) is 1. The predicted octanol–water partition coefficient (Wildman–Crippen LogP) is -0.955. The lowest BCUT2D eigenvalue weighted by atomic mass is 9.79. The number of fused-ring (bicyclic) bond motifs is 1. The third kappa shape index (κ3) is 1.48. The Bertz CT molecular complexity index is 502. The summed E-state index contributed by atoms with van der Waals surface area (Å²) in [5, 5.41) is 19.3. The minimum atomic E-state index is -4.46. The molecule has 8 heteroatoms. The van der Waals surface area contributed by atoms with Crippen LogP contribution in [0.4, 0.5) is 8.78 Å². The first-order valence-corrected chi connectivity index (χ1v) is 5.74. The number of halogens is 2. The van der Waals surface area contributed by atoms with Gasteiger partial charge in [-0.2, -0.15) is 14.0 Å². The molecular formula is C11H8F2NO5-. The topological polar surface area (TPSA) is 99.4 Å². The number of rotatable bonds is 3. The van der Waals surface area contributed by atoms with Gasteiger partial charge in [0.25, 0.3) is 0 Å². The zero-order valence-corrected chi connectivity index (χ0v) is 9.42. The lowest BCUT2D eigenvalue weighted by Crippen LogP contribution is -2.50. The summed E-state index contributed by atoms with van der Waals surface area (Å²) in [5.74, 6) is -5.56. The van der Waals surface area contributed by atoms with Gasteiger partial charge in [-0.05, 0) is 6.42 Å². The van der Waals surface area contributed by atoms with Crippen molar-refractivity contribution in [3.05, 3.63) is 0 Å². The highest BCUT2D eigenvalue weighted by Crippen LogP contribution is 2.59. The molecule has 1 aliphatic heterocycles. The minimum absolute atomic E-state index is 0.343. The maximum Gasteiger partial charge on any atom is 0.398 e. The number of carboxylic acids is 1. The molecule has 3 rings (SSSR count). The average molecular weight is 272 g/mol. The number of hydrogen-bond donors (Lipinski definition) is 0. The summed E-state index contributed by atoms with van der Waals surface area (Å²) < 4.78 is 35.4. The third-order valence-electron chi connectivity index (χ3n) is 4.22. The van der Waals surface area contributed by atoms with Crippen molar-refractivity contribution in [1.29, 1.82) is 5.26 Å². The Morgan fingerprint density at radius 3 is 2.79 bits per heavy atom. The fourth-order valence-corrected chi connectivity index (χ4v) is 3.54. The van der Waals surface area contributed by atoms with Crippen molar-refractivity contribution < 1.29 is 33.0 Å². The highest BCUT2D eigenvalue weighted by molar-refractivity contribution is 5.78. The first-order chi connectivity index (χ1) is 8.86. The molecule has 3 aliphatic rings. The molecule has 0 aromatic heterocycles. The van der Waals surface area contributed by atoms with Crippen molar-refractivity contribution in [2.75, 3.05) is 0 Å². The van der Waals surface area contributed by atoms with Gasteiger partial charge in [0.2, 0.25) is 0 Å². The van der Waals surface area contributed by atoms with E-state index in [1.807, 2.05) is 6.07 Å². The fraction of sp³-hybridized carbons (Fsp3) is 0.727. The van der Waals surface area contributed by atoms with Gasteiger partial charge in [0.05, 0.1) is 17.9 Å². The van der Waals surface area contributed by atoms with E-state index in [0.29, 0.717) is 6.42 Å². The first kappa shape index (κ1) is 12.3. The number of nitrogens with zero attached hydrogens (tertiary/aromatic N) is 1. The fourth-order valence-electron chi connectivity index (χ4n) is 3.54. The molecule has 19 heavy (non-hydrogen) atoms. The molecule has 0 radical (unpaired) electrons. The van der Waals surface area contributed by atoms with Crippen LogP contribution in [0.15, 0.2) is 0 Å². The lowest BCUT2D eigenvalue weighted by molar-refractivity contribution is -0.372. The van der Waals surface area contributed by atoms with Crippen LogP contribution in [0.1, 0.15) is 6.42 Å². The van der Waals surface area contributed by atoms with E-state index in [4.69, 9.17) is 10.00 Å². The number of aliphatic carboxylic acids is 1. The monoisotopic (exact) mass is 272 g/mol. The summed E-state index contributed by atoms with van der Waals surface area (Å²) in [6.45, 7) is 0. The van der Waals surface area contributed by atoms with E-state index < -0.39 is 48.0 Å². The first-order valence-electron chi connectivity index (χ1n) is 5.74. The summed E-state index contributed by atoms with van der Waals surface area (Å²) in [4.78, 5) is 21.8. The van der Waals surface area contributed by atoms with Crippen LogP contribution in [0.2, 0.25) is 0 Å². The third-order valence-corrected chi connectivity index (χ3v) is 4.22. The van der Waals surface area contributed by atoms with Gasteiger partial charge in [-0.15, -0.1) is 0 Å². The second kappa shape index (κ2) is 3.63. The number of carbonyl (C=O) groups is 2. The van der Waals surface area contributed by atoms with Crippen LogP contribution in [0, 0.1) is 35.0 Å². The largest absolute Gasteiger partial charge is 0.542 e. The number of carbonyl (C=O) groups excluding carboxylic acids is 2. The molecule has 102 valence electrons. The zero-order valence-electron chi connectivity index (χ0n) is 9.42. The second-order valence-electron chi connectivity index (χ2n) is 5.03. The molecule has 2 aliphatic carbocycles. The van der Waals surface area contributed by atoms with Crippen LogP contribution in [-0.2, 0) is 19.1 Å². The Morgan fingerprint density at radius 1 is 1.53 bits per heavy atom. The van der Waals surface area contributed by atoms with E-state index in [0.717, 1.165) is 0 Å². The minimum Gasteiger partial charge on any atom is -0.542 e. The van der Waals surface area contributed by atoms with Crippen molar-refractivity contribution >= 4 is 11.9 Å². The molecule has 0 aromatic rings. The molecule has 6 unspecified atom stereocenters. The quantitative estimate of drug-likeness (QED) is 0.614. The van der Waals surface area contributed by atoms with Gasteiger partial charge in [0, 0.05) is 11.8 Å². The van der Waals surface area contributed by atoms with E-state index in [9.17, 15) is 23.5 Å². The molecule has 1 saturated heterocycles. The molecule has 6 atom stereocenters. The van der Waals surface area contributed by atoms with Crippen LogP contribution >= 0.6 is 0 Å². The summed E-state index contributed by atoms with van der Waals surface area (Å²) >= 11 is 0.